The first-order valence-corrected chi connectivity index (χ1v) is 11.1. The van der Waals surface area contributed by atoms with Gasteiger partial charge in [0.25, 0.3) is 0 Å². The van der Waals surface area contributed by atoms with Crippen molar-refractivity contribution in [2.45, 2.75) is 37.3 Å². The minimum atomic E-state index is -2.51. The van der Waals surface area contributed by atoms with Gasteiger partial charge in [-0.3, -0.25) is 0 Å². The third-order valence-electron chi connectivity index (χ3n) is 4.67. The summed E-state index contributed by atoms with van der Waals surface area (Å²) in [6.07, 6.45) is 4.29. The summed E-state index contributed by atoms with van der Waals surface area (Å²) in [6.45, 7) is 0. The van der Waals surface area contributed by atoms with Gasteiger partial charge in [-0.25, -0.2) is 0 Å². The van der Waals surface area contributed by atoms with Crippen molar-refractivity contribution in [3.63, 3.8) is 0 Å². The molecule has 126 valence electrons. The highest BCUT2D eigenvalue weighted by molar-refractivity contribution is 6.62. The average molecular weight is 339 g/mol. The first kappa shape index (κ1) is 19.2. The molecule has 1 saturated carbocycles. The minimum Gasteiger partial charge on any atom is -0.377 e. The molecule has 1 fully saturated rings. The van der Waals surface area contributed by atoms with Crippen LogP contribution in [-0.2, 0) is 26.6 Å². The molecule has 0 N–H and O–H groups in total. The zero-order chi connectivity index (χ0) is 15.9. The van der Waals surface area contributed by atoms with Gasteiger partial charge in [-0.2, -0.15) is 0 Å². The van der Waals surface area contributed by atoms with E-state index < -0.39 is 17.6 Å². The van der Waals surface area contributed by atoms with Crippen LogP contribution in [0.2, 0.25) is 11.6 Å². The normalized spacial score (nSPS) is 24.3. The summed E-state index contributed by atoms with van der Waals surface area (Å²) in [5, 5.41) is 0. The Kier molecular flexibility index (Phi) is 8.00. The van der Waals surface area contributed by atoms with Crippen molar-refractivity contribution in [3.05, 3.63) is 0 Å². The lowest BCUT2D eigenvalue weighted by Crippen LogP contribution is -2.49. The molecule has 0 unspecified atom stereocenters. The van der Waals surface area contributed by atoms with E-state index in [-0.39, 0.29) is 0 Å². The van der Waals surface area contributed by atoms with Crippen LogP contribution in [0.5, 0.6) is 0 Å². The van der Waals surface area contributed by atoms with Gasteiger partial charge in [-0.15, -0.1) is 0 Å². The van der Waals surface area contributed by atoms with E-state index in [0.717, 1.165) is 31.7 Å². The summed E-state index contributed by atoms with van der Waals surface area (Å²) < 4.78 is 33.4. The van der Waals surface area contributed by atoms with Crippen molar-refractivity contribution in [2.75, 3.05) is 42.7 Å². The molecule has 1 aliphatic rings. The lowest BCUT2D eigenvalue weighted by atomic mass is 9.90. The predicted molar refractivity (Wildman–Crippen MR) is 84.1 cm³/mol. The fourth-order valence-corrected chi connectivity index (χ4v) is 7.98. The highest BCUT2D eigenvalue weighted by Crippen LogP contribution is 2.42. The zero-order valence-corrected chi connectivity index (χ0v) is 16.1. The van der Waals surface area contributed by atoms with E-state index in [4.69, 9.17) is 26.6 Å². The molecule has 0 aromatic heterocycles. The molecule has 8 heteroatoms. The quantitative estimate of drug-likeness (QED) is 0.601. The molecule has 0 aromatic carbocycles. The fraction of sp³-hybridized carbons (Fsp3) is 1.00. The number of hydrogen-bond donors (Lipinski definition) is 0. The molecule has 0 amide bonds. The van der Waals surface area contributed by atoms with Crippen LogP contribution in [0.3, 0.4) is 0 Å². The topological polar surface area (TPSA) is 55.4 Å². The maximum Gasteiger partial charge on any atom is 0.503 e. The van der Waals surface area contributed by atoms with Crippen molar-refractivity contribution in [3.8, 4) is 0 Å². The predicted octanol–water partition coefficient (Wildman–Crippen LogP) is 2.30. The highest BCUT2D eigenvalue weighted by Gasteiger charge is 2.49. The van der Waals surface area contributed by atoms with E-state index in [1.54, 1.807) is 42.7 Å². The molecule has 1 aliphatic carbocycles. The van der Waals surface area contributed by atoms with E-state index in [1.165, 1.54) is 0 Å². The molecule has 0 bridgehead atoms. The molecule has 0 saturated heterocycles. The van der Waals surface area contributed by atoms with Crippen LogP contribution < -0.4 is 0 Å². The van der Waals surface area contributed by atoms with Gasteiger partial charge >= 0.3 is 17.6 Å². The van der Waals surface area contributed by atoms with E-state index in [0.29, 0.717) is 11.5 Å². The largest absolute Gasteiger partial charge is 0.503 e. The zero-order valence-electron chi connectivity index (χ0n) is 14.1. The smallest absolute Gasteiger partial charge is 0.377 e. The van der Waals surface area contributed by atoms with Crippen molar-refractivity contribution in [1.29, 1.82) is 0 Å². The Hall–Kier alpha value is 0.194. The van der Waals surface area contributed by atoms with Crippen LogP contribution in [-0.4, -0.2) is 60.3 Å². The molecule has 0 aliphatic heterocycles. The molecular weight excluding hydrogens is 308 g/mol. The lowest BCUT2D eigenvalue weighted by Gasteiger charge is -2.38. The Bertz CT molecular complexity index is 272. The molecular formula is C13H30O6Si2. The Morgan fingerprint density at radius 2 is 1.10 bits per heavy atom. The van der Waals surface area contributed by atoms with E-state index in [9.17, 15) is 0 Å². The molecule has 0 heterocycles. The van der Waals surface area contributed by atoms with Crippen LogP contribution in [0.4, 0.5) is 0 Å². The minimum absolute atomic E-state index is 0.373. The molecule has 21 heavy (non-hydrogen) atoms. The van der Waals surface area contributed by atoms with Gasteiger partial charge in [0.2, 0.25) is 0 Å². The van der Waals surface area contributed by atoms with Crippen LogP contribution in [0, 0.1) is 5.92 Å². The molecule has 6 nitrogen and oxygen atoms in total. The number of hydrogen-bond acceptors (Lipinski definition) is 6. The van der Waals surface area contributed by atoms with E-state index >= 15 is 0 Å². The van der Waals surface area contributed by atoms with Gasteiger partial charge in [0, 0.05) is 54.2 Å². The highest BCUT2D eigenvalue weighted by atomic mass is 28.4. The second kappa shape index (κ2) is 8.73. The average Bonchev–Trinajstić information content (AvgIpc) is 2.56. The Morgan fingerprint density at radius 3 is 1.43 bits per heavy atom. The lowest BCUT2D eigenvalue weighted by molar-refractivity contribution is 0.0963. The van der Waals surface area contributed by atoms with Crippen molar-refractivity contribution >= 4 is 17.6 Å². The molecule has 1 rings (SSSR count). The third kappa shape index (κ3) is 4.35. The monoisotopic (exact) mass is 338 g/mol. The van der Waals surface area contributed by atoms with Crippen molar-refractivity contribution in [2.24, 2.45) is 5.92 Å². The van der Waals surface area contributed by atoms with Crippen LogP contribution in [0.15, 0.2) is 0 Å². The van der Waals surface area contributed by atoms with Crippen LogP contribution in [0.25, 0.3) is 0 Å². The Labute approximate surface area is 130 Å². The fourth-order valence-electron chi connectivity index (χ4n) is 3.32. The van der Waals surface area contributed by atoms with Gasteiger partial charge < -0.3 is 26.6 Å². The Morgan fingerprint density at radius 1 is 0.667 bits per heavy atom. The second-order valence-corrected chi connectivity index (χ2v) is 11.7. The summed E-state index contributed by atoms with van der Waals surface area (Å²) in [5.74, 6) is 0.560. The molecule has 0 aromatic rings. The van der Waals surface area contributed by atoms with E-state index in [1.807, 2.05) is 0 Å². The summed E-state index contributed by atoms with van der Waals surface area (Å²) in [7, 11) is 5.07. The van der Waals surface area contributed by atoms with Crippen LogP contribution >= 0.6 is 0 Å². The second-order valence-electron chi connectivity index (χ2n) is 5.43. The maximum absolute atomic E-state index is 5.60. The van der Waals surface area contributed by atoms with Crippen molar-refractivity contribution in [1.82, 2.24) is 0 Å². The van der Waals surface area contributed by atoms with Crippen molar-refractivity contribution < 1.29 is 26.6 Å². The van der Waals surface area contributed by atoms with Gasteiger partial charge in [-0.1, -0.05) is 12.8 Å². The first-order valence-electron chi connectivity index (χ1n) is 7.36. The standard InChI is InChI=1S/C13H30O6Si2/c1-14-20(15-2,16-3)11-12-7-9-13(10-8-12)21(17-4,18-5)19-6/h12-13H,7-11H2,1-6H3. The first-order chi connectivity index (χ1) is 10.0. The molecule has 0 atom stereocenters. The van der Waals surface area contributed by atoms with Gasteiger partial charge in [0.15, 0.2) is 0 Å². The third-order valence-corrected chi connectivity index (χ3v) is 10.9. The van der Waals surface area contributed by atoms with Crippen LogP contribution in [0.1, 0.15) is 25.7 Å². The maximum atomic E-state index is 5.60. The molecule has 0 spiro atoms. The van der Waals surface area contributed by atoms with Gasteiger partial charge in [0.05, 0.1) is 0 Å². The molecule has 0 radical (unpaired) electrons. The van der Waals surface area contributed by atoms with Gasteiger partial charge in [-0.05, 0) is 18.8 Å². The summed E-state index contributed by atoms with van der Waals surface area (Å²) >= 11 is 0. The van der Waals surface area contributed by atoms with E-state index in [2.05, 4.69) is 0 Å². The summed E-state index contributed by atoms with van der Waals surface area (Å²) in [4.78, 5) is 0. The summed E-state index contributed by atoms with van der Waals surface area (Å²) in [6, 6.07) is 0.866. The van der Waals surface area contributed by atoms with Gasteiger partial charge in [0.1, 0.15) is 0 Å². The summed E-state index contributed by atoms with van der Waals surface area (Å²) in [5.41, 5.74) is 0.373. The Balaban J connectivity index is 2.59. The SMILES string of the molecule is CO[Si](CC1CCC([Si](OC)(OC)OC)CC1)(OC)OC. The number of rotatable bonds is 9.